The van der Waals surface area contributed by atoms with Gasteiger partial charge in [-0.2, -0.15) is 0 Å². The van der Waals surface area contributed by atoms with Crippen LogP contribution in [0.4, 0.5) is 0 Å². The van der Waals surface area contributed by atoms with Crippen molar-refractivity contribution >= 4 is 10.9 Å². The molecule has 1 aromatic carbocycles. The molecule has 0 aliphatic carbocycles. The number of rotatable bonds is 1. The van der Waals surface area contributed by atoms with Crippen molar-refractivity contribution in [2.24, 2.45) is 0 Å². The van der Waals surface area contributed by atoms with Crippen LogP contribution in [0.25, 0.3) is 10.9 Å². The fourth-order valence-corrected chi connectivity index (χ4v) is 1.43. The fourth-order valence-electron chi connectivity index (χ4n) is 1.43. The Morgan fingerprint density at radius 2 is 2.14 bits per heavy atom. The lowest BCUT2D eigenvalue weighted by Gasteiger charge is -2.02. The van der Waals surface area contributed by atoms with Crippen molar-refractivity contribution in [1.82, 2.24) is 4.98 Å². The molecule has 1 heterocycles. The van der Waals surface area contributed by atoms with Crippen molar-refractivity contribution in [3.63, 3.8) is 0 Å². The minimum atomic E-state index is 0.0534. The molecule has 0 bridgehead atoms. The van der Waals surface area contributed by atoms with Gasteiger partial charge in [0.05, 0.1) is 7.11 Å². The summed E-state index contributed by atoms with van der Waals surface area (Å²) in [6.07, 6.45) is 1.72. The van der Waals surface area contributed by atoms with Crippen LogP contribution in [0.3, 0.4) is 0 Å². The zero-order valence-electron chi connectivity index (χ0n) is 8.13. The van der Waals surface area contributed by atoms with Crippen molar-refractivity contribution < 1.29 is 4.74 Å². The van der Waals surface area contributed by atoms with Crippen LogP contribution >= 0.6 is 0 Å². The van der Waals surface area contributed by atoms with Gasteiger partial charge in [-0.3, -0.25) is 4.79 Å². The number of H-pyrrole nitrogens is 1. The largest absolute Gasteiger partial charge is 0.497 e. The predicted molar refractivity (Wildman–Crippen MR) is 55.9 cm³/mol. The molecule has 1 aromatic heterocycles. The summed E-state index contributed by atoms with van der Waals surface area (Å²) >= 11 is 0. The van der Waals surface area contributed by atoms with Gasteiger partial charge in [0.15, 0.2) is 5.43 Å². The number of aromatic nitrogens is 1. The summed E-state index contributed by atoms with van der Waals surface area (Å²) in [6.45, 7) is 1.79. The molecule has 72 valence electrons. The number of nitrogens with one attached hydrogen (secondary N) is 1. The Morgan fingerprint density at radius 3 is 2.86 bits per heavy atom. The van der Waals surface area contributed by atoms with E-state index < -0.39 is 0 Å². The zero-order chi connectivity index (χ0) is 10.1. The first kappa shape index (κ1) is 8.81. The second-order valence-electron chi connectivity index (χ2n) is 3.21. The minimum absolute atomic E-state index is 0.0534. The summed E-state index contributed by atoms with van der Waals surface area (Å²) < 4.78 is 5.06. The molecule has 2 rings (SSSR count). The summed E-state index contributed by atoms with van der Waals surface area (Å²) in [5.74, 6) is 0.702. The fraction of sp³-hybridized carbons (Fsp3) is 0.182. The number of hydrogen-bond donors (Lipinski definition) is 1. The van der Waals surface area contributed by atoms with Gasteiger partial charge in [0, 0.05) is 22.7 Å². The Balaban J connectivity index is 2.85. The molecule has 14 heavy (non-hydrogen) atoms. The van der Waals surface area contributed by atoms with Gasteiger partial charge < -0.3 is 9.72 Å². The van der Waals surface area contributed by atoms with Gasteiger partial charge in [0.2, 0.25) is 0 Å². The van der Waals surface area contributed by atoms with Crippen LogP contribution in [-0.2, 0) is 0 Å². The summed E-state index contributed by atoms with van der Waals surface area (Å²) in [4.78, 5) is 14.8. The number of ether oxygens (including phenoxy) is 1. The van der Waals surface area contributed by atoms with Crippen molar-refractivity contribution in [3.05, 3.63) is 40.2 Å². The molecule has 0 spiro atoms. The van der Waals surface area contributed by atoms with Gasteiger partial charge >= 0.3 is 0 Å². The van der Waals surface area contributed by atoms with E-state index in [2.05, 4.69) is 4.98 Å². The van der Waals surface area contributed by atoms with Crippen LogP contribution < -0.4 is 10.2 Å². The van der Waals surface area contributed by atoms with E-state index in [0.29, 0.717) is 16.7 Å². The van der Waals surface area contributed by atoms with E-state index in [1.54, 1.807) is 26.3 Å². The molecular formula is C11H11NO2. The lowest BCUT2D eigenvalue weighted by molar-refractivity contribution is 0.415. The predicted octanol–water partition coefficient (Wildman–Crippen LogP) is 1.85. The van der Waals surface area contributed by atoms with Crippen molar-refractivity contribution in [2.45, 2.75) is 6.92 Å². The number of hydrogen-bond acceptors (Lipinski definition) is 2. The average Bonchev–Trinajstić information content (AvgIpc) is 2.23. The Morgan fingerprint density at radius 1 is 1.36 bits per heavy atom. The molecular weight excluding hydrogens is 178 g/mol. The summed E-state index contributed by atoms with van der Waals surface area (Å²) in [5, 5.41) is 0.671. The van der Waals surface area contributed by atoms with E-state index in [4.69, 9.17) is 4.74 Å². The van der Waals surface area contributed by atoms with Gasteiger partial charge in [0.1, 0.15) is 5.75 Å². The Bertz CT molecular complexity index is 528. The van der Waals surface area contributed by atoms with E-state index in [0.717, 1.165) is 5.52 Å². The first-order chi connectivity index (χ1) is 6.72. The van der Waals surface area contributed by atoms with Crippen molar-refractivity contribution in [2.75, 3.05) is 7.11 Å². The molecule has 3 heteroatoms. The van der Waals surface area contributed by atoms with Gasteiger partial charge in [0.25, 0.3) is 0 Å². The third-order valence-electron chi connectivity index (χ3n) is 2.27. The first-order valence-electron chi connectivity index (χ1n) is 4.38. The highest BCUT2D eigenvalue weighted by molar-refractivity contribution is 5.80. The molecule has 0 fully saturated rings. The van der Waals surface area contributed by atoms with Gasteiger partial charge in [-0.15, -0.1) is 0 Å². The number of aromatic amines is 1. The van der Waals surface area contributed by atoms with Crippen LogP contribution in [-0.4, -0.2) is 12.1 Å². The second-order valence-corrected chi connectivity index (χ2v) is 3.21. The van der Waals surface area contributed by atoms with Crippen molar-refractivity contribution in [3.8, 4) is 5.75 Å². The SMILES string of the molecule is COc1ccc2[nH]cc(C)c(=O)c2c1. The van der Waals surface area contributed by atoms with Crippen molar-refractivity contribution in [1.29, 1.82) is 0 Å². The quantitative estimate of drug-likeness (QED) is 0.743. The average molecular weight is 189 g/mol. The normalized spacial score (nSPS) is 10.4. The molecule has 0 saturated carbocycles. The molecule has 0 amide bonds. The van der Waals surface area contributed by atoms with E-state index in [-0.39, 0.29) is 5.43 Å². The molecule has 0 saturated heterocycles. The van der Waals surface area contributed by atoms with Crippen LogP contribution in [0, 0.1) is 6.92 Å². The van der Waals surface area contributed by atoms with Crippen LogP contribution in [0.15, 0.2) is 29.2 Å². The molecule has 0 aliphatic rings. The highest BCUT2D eigenvalue weighted by atomic mass is 16.5. The lowest BCUT2D eigenvalue weighted by atomic mass is 10.1. The maximum atomic E-state index is 11.7. The molecule has 0 unspecified atom stereocenters. The smallest absolute Gasteiger partial charge is 0.192 e. The first-order valence-corrected chi connectivity index (χ1v) is 4.38. The molecule has 2 aromatic rings. The number of benzene rings is 1. The summed E-state index contributed by atoms with van der Waals surface area (Å²) in [5.41, 5.74) is 1.60. The maximum Gasteiger partial charge on any atom is 0.192 e. The number of aryl methyl sites for hydroxylation is 1. The maximum absolute atomic E-state index is 11.7. The van der Waals surface area contributed by atoms with E-state index in [9.17, 15) is 4.79 Å². The number of methoxy groups -OCH3 is 1. The van der Waals surface area contributed by atoms with Crippen LogP contribution in [0.5, 0.6) is 5.75 Å². The van der Waals surface area contributed by atoms with Gasteiger partial charge in [-0.25, -0.2) is 0 Å². The Hall–Kier alpha value is -1.77. The highest BCUT2D eigenvalue weighted by Gasteiger charge is 2.02. The molecule has 0 radical (unpaired) electrons. The molecule has 1 N–H and O–H groups in total. The Kier molecular flexibility index (Phi) is 2.00. The van der Waals surface area contributed by atoms with E-state index >= 15 is 0 Å². The summed E-state index contributed by atoms with van der Waals surface area (Å²) in [6, 6.07) is 5.42. The monoisotopic (exact) mass is 189 g/mol. The lowest BCUT2D eigenvalue weighted by Crippen LogP contribution is -2.06. The van der Waals surface area contributed by atoms with E-state index in [1.807, 2.05) is 12.1 Å². The second kappa shape index (κ2) is 3.18. The minimum Gasteiger partial charge on any atom is -0.497 e. The molecule has 0 atom stereocenters. The van der Waals surface area contributed by atoms with E-state index in [1.165, 1.54) is 0 Å². The van der Waals surface area contributed by atoms with Crippen LogP contribution in [0.1, 0.15) is 5.56 Å². The summed E-state index contributed by atoms with van der Waals surface area (Å²) in [7, 11) is 1.59. The topological polar surface area (TPSA) is 42.1 Å². The molecule has 0 aliphatic heterocycles. The number of pyridine rings is 1. The van der Waals surface area contributed by atoms with Gasteiger partial charge in [-0.1, -0.05) is 0 Å². The highest BCUT2D eigenvalue weighted by Crippen LogP contribution is 2.16. The Labute approximate surface area is 81.3 Å². The number of fused-ring (bicyclic) bond motifs is 1. The third kappa shape index (κ3) is 1.27. The zero-order valence-corrected chi connectivity index (χ0v) is 8.13. The molecule has 3 nitrogen and oxygen atoms in total. The standard InChI is InChI=1S/C11H11NO2/c1-7-6-12-10-4-3-8(14-2)5-9(10)11(7)13/h3-6H,1-2H3,(H,12,13). The van der Waals surface area contributed by atoms with Crippen LogP contribution in [0.2, 0.25) is 0 Å². The van der Waals surface area contributed by atoms with Gasteiger partial charge in [-0.05, 0) is 25.1 Å². The third-order valence-corrected chi connectivity index (χ3v) is 2.27.